The molecule has 0 N–H and O–H groups in total. The number of carbonyl (C=O) groups is 1. The lowest BCUT2D eigenvalue weighted by atomic mass is 10.1. The number of nitro benzene ring substituents is 1. The van der Waals surface area contributed by atoms with Crippen LogP contribution in [-0.2, 0) is 0 Å². The van der Waals surface area contributed by atoms with Crippen LogP contribution in [0.1, 0.15) is 17.3 Å². The zero-order valence-electron chi connectivity index (χ0n) is 10.6. The molecular weight excluding hydrogens is 336 g/mol. The molecule has 21 heavy (non-hydrogen) atoms. The van der Waals surface area contributed by atoms with Gasteiger partial charge >= 0.3 is 6.18 Å². The Morgan fingerprint density at radius 3 is 2.38 bits per heavy atom. The minimum Gasteiger partial charge on any atom is -0.330 e. The molecule has 0 radical (unpaired) electrons. The summed E-state index contributed by atoms with van der Waals surface area (Å²) in [5, 5.41) is 10.1. The fourth-order valence-electron chi connectivity index (χ4n) is 1.55. The maximum atomic E-state index is 12.4. The van der Waals surface area contributed by atoms with E-state index in [1.807, 2.05) is 0 Å². The SMILES string of the molecule is CCN(CC(F)(F)F)C(=O)c1cc([N+](=O)[O-])cc(Cl)c1Cl. The fraction of sp³-hybridized carbons (Fsp3) is 0.364. The van der Waals surface area contributed by atoms with Crippen molar-refractivity contribution in [2.24, 2.45) is 0 Å². The standard InChI is InChI=1S/C11H9Cl2F3N2O3/c1-2-17(5-11(14,15)16)10(19)7-3-6(18(20)21)4-8(12)9(7)13/h3-4H,2,5H2,1H3. The lowest BCUT2D eigenvalue weighted by molar-refractivity contribution is -0.384. The average molecular weight is 345 g/mol. The van der Waals surface area contributed by atoms with Gasteiger partial charge in [0.05, 0.1) is 20.5 Å². The Morgan fingerprint density at radius 2 is 1.95 bits per heavy atom. The van der Waals surface area contributed by atoms with Gasteiger partial charge in [-0.25, -0.2) is 0 Å². The molecule has 1 aromatic carbocycles. The van der Waals surface area contributed by atoms with Crippen molar-refractivity contribution in [1.82, 2.24) is 4.90 Å². The molecule has 0 fully saturated rings. The van der Waals surface area contributed by atoms with Crippen LogP contribution in [0.5, 0.6) is 0 Å². The number of non-ortho nitro benzene ring substituents is 1. The molecule has 0 bridgehead atoms. The molecule has 1 rings (SSSR count). The Bertz CT molecular complexity index is 579. The molecule has 0 aliphatic rings. The second-order valence-electron chi connectivity index (χ2n) is 3.98. The summed E-state index contributed by atoms with van der Waals surface area (Å²) < 4.78 is 37.2. The van der Waals surface area contributed by atoms with Gasteiger partial charge in [0.1, 0.15) is 6.54 Å². The Kier molecular flexibility index (Phi) is 5.41. The number of hydrogen-bond acceptors (Lipinski definition) is 3. The van der Waals surface area contributed by atoms with E-state index in [1.54, 1.807) is 0 Å². The number of hydrogen-bond donors (Lipinski definition) is 0. The number of carbonyl (C=O) groups excluding carboxylic acids is 1. The van der Waals surface area contributed by atoms with Gasteiger partial charge in [0, 0.05) is 18.7 Å². The first-order valence-electron chi connectivity index (χ1n) is 5.56. The predicted octanol–water partition coefficient (Wildman–Crippen LogP) is 3.93. The largest absolute Gasteiger partial charge is 0.406 e. The highest BCUT2D eigenvalue weighted by atomic mass is 35.5. The highest BCUT2D eigenvalue weighted by Crippen LogP contribution is 2.32. The second-order valence-corrected chi connectivity index (χ2v) is 4.77. The first-order chi connectivity index (χ1) is 9.56. The molecule has 0 aliphatic heterocycles. The van der Waals surface area contributed by atoms with Crippen LogP contribution < -0.4 is 0 Å². The van der Waals surface area contributed by atoms with Crippen LogP contribution in [0.4, 0.5) is 18.9 Å². The number of rotatable bonds is 4. The molecule has 0 aromatic heterocycles. The molecule has 0 saturated carbocycles. The summed E-state index contributed by atoms with van der Waals surface area (Å²) in [6, 6.07) is 1.72. The number of amides is 1. The molecule has 0 saturated heterocycles. The lowest BCUT2D eigenvalue weighted by Crippen LogP contribution is -2.38. The Hall–Kier alpha value is -1.54. The van der Waals surface area contributed by atoms with Crippen molar-refractivity contribution in [3.05, 3.63) is 37.9 Å². The molecule has 0 aliphatic carbocycles. The van der Waals surface area contributed by atoms with Gasteiger partial charge in [0.2, 0.25) is 0 Å². The topological polar surface area (TPSA) is 63.5 Å². The zero-order chi connectivity index (χ0) is 16.4. The molecule has 0 atom stereocenters. The smallest absolute Gasteiger partial charge is 0.330 e. The van der Waals surface area contributed by atoms with E-state index in [-0.39, 0.29) is 16.6 Å². The summed E-state index contributed by atoms with van der Waals surface area (Å²) >= 11 is 11.4. The molecule has 5 nitrogen and oxygen atoms in total. The first-order valence-corrected chi connectivity index (χ1v) is 6.32. The van der Waals surface area contributed by atoms with Gasteiger partial charge in [-0.15, -0.1) is 0 Å². The fourth-order valence-corrected chi connectivity index (χ4v) is 1.95. The predicted molar refractivity (Wildman–Crippen MR) is 70.7 cm³/mol. The van der Waals surface area contributed by atoms with Crippen molar-refractivity contribution in [3.8, 4) is 0 Å². The van der Waals surface area contributed by atoms with Gasteiger partial charge < -0.3 is 4.90 Å². The number of nitro groups is 1. The second kappa shape index (κ2) is 6.48. The summed E-state index contributed by atoms with van der Waals surface area (Å²) in [6.45, 7) is -0.384. The van der Waals surface area contributed by atoms with Crippen LogP contribution in [-0.4, -0.2) is 35.0 Å². The van der Waals surface area contributed by atoms with E-state index >= 15 is 0 Å². The van der Waals surface area contributed by atoms with Crippen LogP contribution in [0.15, 0.2) is 12.1 Å². The summed E-state index contributed by atoms with van der Waals surface area (Å²) in [6.07, 6.45) is -4.59. The third-order valence-corrected chi connectivity index (χ3v) is 3.30. The minimum absolute atomic E-state index is 0.241. The maximum absolute atomic E-state index is 12.4. The maximum Gasteiger partial charge on any atom is 0.406 e. The van der Waals surface area contributed by atoms with Crippen LogP contribution in [0.3, 0.4) is 0 Å². The normalized spacial score (nSPS) is 11.3. The van der Waals surface area contributed by atoms with Crippen molar-refractivity contribution >= 4 is 34.8 Å². The Balaban J connectivity index is 3.25. The van der Waals surface area contributed by atoms with Gasteiger partial charge in [-0.3, -0.25) is 14.9 Å². The van der Waals surface area contributed by atoms with Crippen molar-refractivity contribution in [2.45, 2.75) is 13.1 Å². The van der Waals surface area contributed by atoms with Crippen molar-refractivity contribution in [1.29, 1.82) is 0 Å². The van der Waals surface area contributed by atoms with E-state index in [4.69, 9.17) is 23.2 Å². The van der Waals surface area contributed by atoms with Gasteiger partial charge in [0.15, 0.2) is 0 Å². The van der Waals surface area contributed by atoms with Crippen molar-refractivity contribution in [2.75, 3.05) is 13.1 Å². The van der Waals surface area contributed by atoms with Gasteiger partial charge in [-0.2, -0.15) is 13.2 Å². The summed E-state index contributed by atoms with van der Waals surface area (Å²) in [5.74, 6) is -1.08. The summed E-state index contributed by atoms with van der Waals surface area (Å²) in [4.78, 5) is 22.4. The molecule has 1 aromatic rings. The average Bonchev–Trinajstić information content (AvgIpc) is 2.36. The van der Waals surface area contributed by atoms with Gasteiger partial charge in [0.25, 0.3) is 11.6 Å². The molecule has 10 heteroatoms. The van der Waals surface area contributed by atoms with E-state index in [2.05, 4.69) is 0 Å². The number of halogens is 5. The highest BCUT2D eigenvalue weighted by molar-refractivity contribution is 6.44. The number of alkyl halides is 3. The van der Waals surface area contributed by atoms with E-state index in [0.29, 0.717) is 4.90 Å². The highest BCUT2D eigenvalue weighted by Gasteiger charge is 2.33. The van der Waals surface area contributed by atoms with E-state index in [9.17, 15) is 28.1 Å². The van der Waals surface area contributed by atoms with Crippen LogP contribution in [0.25, 0.3) is 0 Å². The van der Waals surface area contributed by atoms with Gasteiger partial charge in [-0.1, -0.05) is 23.2 Å². The molecular formula is C11H9Cl2F3N2O3. The number of benzene rings is 1. The molecule has 0 spiro atoms. The van der Waals surface area contributed by atoms with Crippen LogP contribution >= 0.6 is 23.2 Å². The van der Waals surface area contributed by atoms with Crippen molar-refractivity contribution < 1.29 is 22.9 Å². The molecule has 1 amide bonds. The minimum atomic E-state index is -4.59. The summed E-state index contributed by atoms with van der Waals surface area (Å²) in [7, 11) is 0. The van der Waals surface area contributed by atoms with Crippen molar-refractivity contribution in [3.63, 3.8) is 0 Å². The third kappa shape index (κ3) is 4.47. The van der Waals surface area contributed by atoms with Crippen LogP contribution in [0, 0.1) is 10.1 Å². The lowest BCUT2D eigenvalue weighted by Gasteiger charge is -2.22. The van der Waals surface area contributed by atoms with Crippen LogP contribution in [0.2, 0.25) is 10.0 Å². The van der Waals surface area contributed by atoms with E-state index < -0.39 is 34.8 Å². The third-order valence-electron chi connectivity index (χ3n) is 2.49. The summed E-state index contributed by atoms with van der Waals surface area (Å²) in [5.41, 5.74) is -0.974. The molecule has 0 unspecified atom stereocenters. The Labute approximate surface area is 127 Å². The van der Waals surface area contributed by atoms with E-state index in [1.165, 1.54) is 6.92 Å². The first kappa shape index (κ1) is 17.5. The zero-order valence-corrected chi connectivity index (χ0v) is 12.1. The molecule has 116 valence electrons. The van der Waals surface area contributed by atoms with E-state index in [0.717, 1.165) is 12.1 Å². The molecule has 0 heterocycles. The Morgan fingerprint density at radius 1 is 1.38 bits per heavy atom. The quantitative estimate of drug-likeness (QED) is 0.614. The monoisotopic (exact) mass is 344 g/mol. The van der Waals surface area contributed by atoms with Gasteiger partial charge in [-0.05, 0) is 6.92 Å². The number of nitrogens with zero attached hydrogens (tertiary/aromatic N) is 2.